The first-order valence-corrected chi connectivity index (χ1v) is 4.90. The first-order valence-electron chi connectivity index (χ1n) is 4.90. The van der Waals surface area contributed by atoms with Crippen LogP contribution in [0.1, 0.15) is 29.9 Å². The molecule has 0 radical (unpaired) electrons. The Morgan fingerprint density at radius 1 is 1.53 bits per heavy atom. The van der Waals surface area contributed by atoms with Gasteiger partial charge in [0.2, 0.25) is 5.91 Å². The maximum absolute atomic E-state index is 10.6. The molecule has 78 valence electrons. The van der Waals surface area contributed by atoms with E-state index in [-0.39, 0.29) is 0 Å². The fraction of sp³-hybridized carbons (Fsp3) is 0.273. The Morgan fingerprint density at radius 3 is 2.87 bits per heavy atom. The lowest BCUT2D eigenvalue weighted by atomic mass is 10.1. The minimum atomic E-state index is -0.480. The maximum atomic E-state index is 10.6. The number of aromatic nitrogens is 1. The number of rotatable bonds is 3. The predicted molar refractivity (Wildman–Crippen MR) is 58.9 cm³/mol. The van der Waals surface area contributed by atoms with E-state index in [0.29, 0.717) is 11.7 Å². The largest absolute Gasteiger partial charge is 0.383 e. The van der Waals surface area contributed by atoms with Crippen LogP contribution in [-0.4, -0.2) is 10.9 Å². The average Bonchev–Trinajstić information content (AvgIpc) is 3.00. The van der Waals surface area contributed by atoms with E-state index in [1.54, 1.807) is 12.3 Å². The van der Waals surface area contributed by atoms with Gasteiger partial charge in [-0.1, -0.05) is 0 Å². The molecule has 1 amide bonds. The molecule has 1 heterocycles. The van der Waals surface area contributed by atoms with Crippen molar-refractivity contribution in [2.75, 3.05) is 5.73 Å². The van der Waals surface area contributed by atoms with E-state index in [0.717, 1.165) is 5.56 Å². The Morgan fingerprint density at radius 2 is 2.27 bits per heavy atom. The molecule has 0 aliphatic heterocycles. The summed E-state index contributed by atoms with van der Waals surface area (Å²) < 4.78 is 0. The van der Waals surface area contributed by atoms with Crippen LogP contribution in [0.25, 0.3) is 6.08 Å². The summed E-state index contributed by atoms with van der Waals surface area (Å²) >= 11 is 0. The number of amides is 1. The fourth-order valence-electron chi connectivity index (χ4n) is 1.45. The number of pyridine rings is 1. The third kappa shape index (κ3) is 2.34. The summed E-state index contributed by atoms with van der Waals surface area (Å²) in [5.74, 6) is 0.571. The summed E-state index contributed by atoms with van der Waals surface area (Å²) in [7, 11) is 0. The van der Waals surface area contributed by atoms with Gasteiger partial charge in [-0.25, -0.2) is 4.98 Å². The quantitative estimate of drug-likeness (QED) is 0.720. The molecule has 0 unspecified atom stereocenters. The SMILES string of the molecule is NC(=O)/C=C/c1cc(C2CC2)cnc1N. The second-order valence-corrected chi connectivity index (χ2v) is 3.75. The highest BCUT2D eigenvalue weighted by Crippen LogP contribution is 2.40. The molecule has 1 aliphatic rings. The third-order valence-electron chi connectivity index (χ3n) is 2.45. The molecule has 0 spiro atoms. The molecular formula is C11H13N3O. The Balaban J connectivity index is 2.27. The summed E-state index contributed by atoms with van der Waals surface area (Å²) in [5.41, 5.74) is 12.6. The smallest absolute Gasteiger partial charge is 0.241 e. The lowest BCUT2D eigenvalue weighted by Gasteiger charge is -2.02. The Kier molecular flexibility index (Phi) is 2.41. The number of primary amides is 1. The Hall–Kier alpha value is -1.84. The van der Waals surface area contributed by atoms with Crippen molar-refractivity contribution in [1.82, 2.24) is 4.98 Å². The van der Waals surface area contributed by atoms with Gasteiger partial charge in [0.25, 0.3) is 0 Å². The first-order chi connectivity index (χ1) is 7.16. The van der Waals surface area contributed by atoms with Crippen molar-refractivity contribution in [2.45, 2.75) is 18.8 Å². The summed E-state index contributed by atoms with van der Waals surface area (Å²) in [6.45, 7) is 0. The van der Waals surface area contributed by atoms with Crippen LogP contribution in [0.3, 0.4) is 0 Å². The highest BCUT2D eigenvalue weighted by atomic mass is 16.1. The molecule has 4 nitrogen and oxygen atoms in total. The zero-order chi connectivity index (χ0) is 10.8. The molecule has 2 rings (SSSR count). The molecule has 1 aromatic rings. The second-order valence-electron chi connectivity index (χ2n) is 3.75. The van der Waals surface area contributed by atoms with E-state index in [1.165, 1.54) is 24.5 Å². The average molecular weight is 203 g/mol. The normalized spacial score (nSPS) is 15.7. The van der Waals surface area contributed by atoms with Crippen LogP contribution < -0.4 is 11.5 Å². The molecule has 4 heteroatoms. The number of anilines is 1. The Labute approximate surface area is 88.0 Å². The van der Waals surface area contributed by atoms with Crippen molar-refractivity contribution in [3.63, 3.8) is 0 Å². The van der Waals surface area contributed by atoms with E-state index in [9.17, 15) is 4.79 Å². The van der Waals surface area contributed by atoms with Crippen LogP contribution in [0.2, 0.25) is 0 Å². The minimum Gasteiger partial charge on any atom is -0.383 e. The summed E-state index contributed by atoms with van der Waals surface area (Å²) in [6.07, 6.45) is 7.13. The molecule has 0 aromatic carbocycles. The van der Waals surface area contributed by atoms with Crippen LogP contribution in [0.4, 0.5) is 5.82 Å². The Bertz CT molecular complexity index is 422. The lowest BCUT2D eigenvalue weighted by molar-refractivity contribution is -0.113. The number of carbonyl (C=O) groups excluding carboxylic acids is 1. The van der Waals surface area contributed by atoms with Gasteiger partial charge >= 0.3 is 0 Å². The number of nitrogens with zero attached hydrogens (tertiary/aromatic N) is 1. The number of nitrogen functional groups attached to an aromatic ring is 1. The molecule has 0 atom stereocenters. The van der Waals surface area contributed by atoms with Crippen molar-refractivity contribution < 1.29 is 4.79 Å². The van der Waals surface area contributed by atoms with Gasteiger partial charge in [0.1, 0.15) is 5.82 Å². The van der Waals surface area contributed by atoms with Crippen LogP contribution in [0.5, 0.6) is 0 Å². The van der Waals surface area contributed by atoms with E-state index in [1.807, 2.05) is 6.07 Å². The molecule has 4 N–H and O–H groups in total. The van der Waals surface area contributed by atoms with E-state index in [4.69, 9.17) is 11.5 Å². The number of nitrogens with two attached hydrogens (primary N) is 2. The molecule has 1 fully saturated rings. The van der Waals surface area contributed by atoms with Gasteiger partial charge in [0.15, 0.2) is 0 Å². The number of hydrogen-bond donors (Lipinski definition) is 2. The summed E-state index contributed by atoms with van der Waals surface area (Å²) in [4.78, 5) is 14.7. The maximum Gasteiger partial charge on any atom is 0.241 e. The van der Waals surface area contributed by atoms with E-state index < -0.39 is 5.91 Å². The fourth-order valence-corrected chi connectivity index (χ4v) is 1.45. The monoisotopic (exact) mass is 203 g/mol. The van der Waals surface area contributed by atoms with Crippen LogP contribution in [-0.2, 0) is 4.79 Å². The zero-order valence-electron chi connectivity index (χ0n) is 8.31. The van der Waals surface area contributed by atoms with Crippen LogP contribution in [0, 0.1) is 0 Å². The van der Waals surface area contributed by atoms with Crippen LogP contribution in [0.15, 0.2) is 18.3 Å². The van der Waals surface area contributed by atoms with Gasteiger partial charge in [0.05, 0.1) is 0 Å². The third-order valence-corrected chi connectivity index (χ3v) is 2.45. The van der Waals surface area contributed by atoms with E-state index >= 15 is 0 Å². The number of hydrogen-bond acceptors (Lipinski definition) is 3. The molecular weight excluding hydrogens is 190 g/mol. The standard InChI is InChI=1S/C11H13N3O/c12-10(15)4-3-8-5-9(7-1-2-7)6-14-11(8)13/h3-7H,1-2H2,(H2,12,15)(H2,13,14)/b4-3+. The molecule has 1 saturated carbocycles. The summed E-state index contributed by atoms with van der Waals surface area (Å²) in [6, 6.07) is 1.97. The first kappa shape index (κ1) is 9.71. The van der Waals surface area contributed by atoms with Gasteiger partial charge in [0, 0.05) is 17.8 Å². The molecule has 1 aromatic heterocycles. The lowest BCUT2D eigenvalue weighted by Crippen LogP contribution is -2.05. The molecule has 1 aliphatic carbocycles. The van der Waals surface area contributed by atoms with Crippen LogP contribution >= 0.6 is 0 Å². The molecule has 15 heavy (non-hydrogen) atoms. The van der Waals surface area contributed by atoms with Crippen molar-refractivity contribution in [3.05, 3.63) is 29.5 Å². The van der Waals surface area contributed by atoms with Gasteiger partial charge in [-0.3, -0.25) is 4.79 Å². The summed E-state index contributed by atoms with van der Waals surface area (Å²) in [5, 5.41) is 0. The zero-order valence-corrected chi connectivity index (χ0v) is 8.31. The topological polar surface area (TPSA) is 82.0 Å². The van der Waals surface area contributed by atoms with Crippen molar-refractivity contribution in [1.29, 1.82) is 0 Å². The van der Waals surface area contributed by atoms with Crippen molar-refractivity contribution >= 4 is 17.8 Å². The number of carbonyl (C=O) groups is 1. The highest BCUT2D eigenvalue weighted by Gasteiger charge is 2.24. The minimum absolute atomic E-state index is 0.428. The van der Waals surface area contributed by atoms with Crippen molar-refractivity contribution in [3.8, 4) is 0 Å². The van der Waals surface area contributed by atoms with Gasteiger partial charge in [-0.15, -0.1) is 0 Å². The molecule has 0 saturated heterocycles. The van der Waals surface area contributed by atoms with Gasteiger partial charge in [-0.2, -0.15) is 0 Å². The van der Waals surface area contributed by atoms with Gasteiger partial charge in [-0.05, 0) is 36.5 Å². The van der Waals surface area contributed by atoms with E-state index in [2.05, 4.69) is 4.98 Å². The predicted octanol–water partition coefficient (Wildman–Crippen LogP) is 1.04. The van der Waals surface area contributed by atoms with Crippen molar-refractivity contribution in [2.24, 2.45) is 5.73 Å². The second kappa shape index (κ2) is 3.73. The van der Waals surface area contributed by atoms with Gasteiger partial charge < -0.3 is 11.5 Å². The highest BCUT2D eigenvalue weighted by molar-refractivity contribution is 5.91. The molecule has 0 bridgehead atoms.